The number of amides is 1. The number of ether oxygens (including phenoxy) is 1. The summed E-state index contributed by atoms with van der Waals surface area (Å²) in [7, 11) is 1.85. The third kappa shape index (κ3) is 5.25. The van der Waals surface area contributed by atoms with E-state index < -0.39 is 0 Å². The molecule has 7 heteroatoms. The Morgan fingerprint density at radius 1 is 1.00 bits per heavy atom. The van der Waals surface area contributed by atoms with Gasteiger partial charge in [-0.15, -0.1) is 0 Å². The molecule has 0 saturated carbocycles. The van der Waals surface area contributed by atoms with Crippen molar-refractivity contribution in [3.8, 4) is 11.3 Å². The molecule has 0 atom stereocenters. The fourth-order valence-electron chi connectivity index (χ4n) is 4.44. The third-order valence-electron chi connectivity index (χ3n) is 6.21. The highest BCUT2D eigenvalue weighted by molar-refractivity contribution is 5.99. The van der Waals surface area contributed by atoms with Crippen LogP contribution in [0.3, 0.4) is 0 Å². The van der Waals surface area contributed by atoms with Crippen LogP contribution in [-0.4, -0.2) is 58.9 Å². The van der Waals surface area contributed by atoms with Crippen molar-refractivity contribution in [1.29, 1.82) is 0 Å². The molecule has 1 fully saturated rings. The van der Waals surface area contributed by atoms with Crippen LogP contribution in [0.2, 0.25) is 0 Å². The second-order valence-electron chi connectivity index (χ2n) is 8.71. The van der Waals surface area contributed by atoms with Crippen molar-refractivity contribution in [3.63, 3.8) is 0 Å². The van der Waals surface area contributed by atoms with E-state index in [9.17, 15) is 4.79 Å². The molecule has 3 heterocycles. The molecule has 1 aliphatic rings. The van der Waals surface area contributed by atoms with E-state index in [1.165, 1.54) is 0 Å². The number of carbonyl (C=O) groups excluding carboxylic acids is 1. The van der Waals surface area contributed by atoms with Crippen molar-refractivity contribution in [1.82, 2.24) is 19.7 Å². The highest BCUT2D eigenvalue weighted by Gasteiger charge is 2.23. The second kappa shape index (κ2) is 10.5. The molecule has 0 aliphatic carbocycles. The van der Waals surface area contributed by atoms with Crippen LogP contribution in [0.15, 0.2) is 85.3 Å². The van der Waals surface area contributed by atoms with Crippen LogP contribution in [0.4, 0.5) is 5.69 Å². The van der Waals surface area contributed by atoms with Gasteiger partial charge in [0.2, 0.25) is 0 Å². The maximum absolute atomic E-state index is 13.7. The first kappa shape index (κ1) is 22.8. The molecule has 0 spiro atoms. The van der Waals surface area contributed by atoms with E-state index in [-0.39, 0.29) is 5.91 Å². The number of nitrogens with zero attached hydrogens (tertiary/aromatic N) is 5. The Kier molecular flexibility index (Phi) is 6.86. The average molecular weight is 468 g/mol. The van der Waals surface area contributed by atoms with E-state index in [1.807, 2.05) is 60.4 Å². The van der Waals surface area contributed by atoms with Crippen LogP contribution < -0.4 is 4.90 Å². The molecule has 35 heavy (non-hydrogen) atoms. The van der Waals surface area contributed by atoms with Gasteiger partial charge in [-0.25, -0.2) is 0 Å². The summed E-state index contributed by atoms with van der Waals surface area (Å²) in [6.45, 7) is 4.24. The molecule has 2 aromatic carbocycles. The van der Waals surface area contributed by atoms with Crippen LogP contribution in [0.25, 0.3) is 11.3 Å². The smallest absolute Gasteiger partial charge is 0.257 e. The number of rotatable bonds is 7. The summed E-state index contributed by atoms with van der Waals surface area (Å²) in [6.07, 6.45) is 5.32. The summed E-state index contributed by atoms with van der Waals surface area (Å²) in [5.41, 5.74) is 5.43. The Labute approximate surface area is 205 Å². The number of hydrogen-bond acceptors (Lipinski definition) is 5. The van der Waals surface area contributed by atoms with Crippen molar-refractivity contribution in [2.45, 2.75) is 13.1 Å². The van der Waals surface area contributed by atoms with Gasteiger partial charge in [0, 0.05) is 56.5 Å². The molecule has 1 aliphatic heterocycles. The standard InChI is InChI=1S/C28H29N5O2/c1-31(20-24-10-5-6-12-26(24)32-14-16-35-17-15-32)28(34)25-21-33(19-22-8-3-2-4-9-22)30-27(25)23-11-7-13-29-18-23/h2-13,18,21H,14-17,19-20H2,1H3. The molecule has 0 unspecified atom stereocenters. The molecule has 178 valence electrons. The van der Waals surface area contributed by atoms with Crippen molar-refractivity contribution in [2.24, 2.45) is 0 Å². The van der Waals surface area contributed by atoms with Gasteiger partial charge in [-0.1, -0.05) is 48.5 Å². The van der Waals surface area contributed by atoms with Gasteiger partial charge in [0.05, 0.1) is 25.3 Å². The molecular weight excluding hydrogens is 438 g/mol. The molecule has 0 radical (unpaired) electrons. The van der Waals surface area contributed by atoms with Crippen molar-refractivity contribution < 1.29 is 9.53 Å². The average Bonchev–Trinajstić information content (AvgIpc) is 3.34. The first-order valence-electron chi connectivity index (χ1n) is 11.9. The first-order chi connectivity index (χ1) is 17.2. The van der Waals surface area contributed by atoms with Gasteiger partial charge in [-0.3, -0.25) is 14.5 Å². The highest BCUT2D eigenvalue weighted by Crippen LogP contribution is 2.26. The zero-order valence-electron chi connectivity index (χ0n) is 19.9. The molecule has 2 aromatic heterocycles. The van der Waals surface area contributed by atoms with Gasteiger partial charge in [-0.2, -0.15) is 5.10 Å². The monoisotopic (exact) mass is 467 g/mol. The number of benzene rings is 2. The fourth-order valence-corrected chi connectivity index (χ4v) is 4.44. The highest BCUT2D eigenvalue weighted by atomic mass is 16.5. The van der Waals surface area contributed by atoms with Gasteiger partial charge in [0.15, 0.2) is 0 Å². The molecule has 7 nitrogen and oxygen atoms in total. The first-order valence-corrected chi connectivity index (χ1v) is 11.9. The summed E-state index contributed by atoms with van der Waals surface area (Å²) in [5, 5.41) is 4.78. The Morgan fingerprint density at radius 2 is 1.77 bits per heavy atom. The number of para-hydroxylation sites is 1. The lowest BCUT2D eigenvalue weighted by molar-refractivity contribution is 0.0785. The Hall–Kier alpha value is -3.97. The van der Waals surface area contributed by atoms with Crippen LogP contribution >= 0.6 is 0 Å². The largest absolute Gasteiger partial charge is 0.378 e. The number of hydrogen-bond donors (Lipinski definition) is 0. The number of morpholine rings is 1. The summed E-state index contributed by atoms with van der Waals surface area (Å²) >= 11 is 0. The normalized spacial score (nSPS) is 13.6. The van der Waals surface area contributed by atoms with Crippen molar-refractivity contribution in [2.75, 3.05) is 38.3 Å². The summed E-state index contributed by atoms with van der Waals surface area (Å²) < 4.78 is 7.35. The van der Waals surface area contributed by atoms with E-state index in [1.54, 1.807) is 17.3 Å². The van der Waals surface area contributed by atoms with Crippen molar-refractivity contribution in [3.05, 3.63) is 102 Å². The summed E-state index contributed by atoms with van der Waals surface area (Å²) in [4.78, 5) is 22.1. The molecule has 0 N–H and O–H groups in total. The van der Waals surface area contributed by atoms with E-state index in [2.05, 4.69) is 34.1 Å². The zero-order chi connectivity index (χ0) is 24.0. The summed E-state index contributed by atoms with van der Waals surface area (Å²) in [6, 6.07) is 22.2. The third-order valence-corrected chi connectivity index (χ3v) is 6.21. The zero-order valence-corrected chi connectivity index (χ0v) is 19.9. The van der Waals surface area contributed by atoms with Gasteiger partial charge >= 0.3 is 0 Å². The van der Waals surface area contributed by atoms with E-state index in [0.717, 1.165) is 48.7 Å². The topological polar surface area (TPSA) is 63.5 Å². The maximum atomic E-state index is 13.7. The number of pyridine rings is 1. The Bertz CT molecular complexity index is 1270. The molecular formula is C28H29N5O2. The lowest BCUT2D eigenvalue weighted by Crippen LogP contribution is -2.37. The van der Waals surface area contributed by atoms with Crippen LogP contribution in [-0.2, 0) is 17.8 Å². The van der Waals surface area contributed by atoms with Crippen LogP contribution in [0, 0.1) is 0 Å². The maximum Gasteiger partial charge on any atom is 0.257 e. The van der Waals surface area contributed by atoms with E-state index in [4.69, 9.17) is 9.84 Å². The minimum atomic E-state index is -0.0695. The van der Waals surface area contributed by atoms with Crippen LogP contribution in [0.1, 0.15) is 21.5 Å². The Morgan fingerprint density at radius 3 is 2.54 bits per heavy atom. The Balaban J connectivity index is 1.42. The quantitative estimate of drug-likeness (QED) is 0.410. The van der Waals surface area contributed by atoms with Crippen molar-refractivity contribution >= 4 is 11.6 Å². The number of anilines is 1. The van der Waals surface area contributed by atoms with Gasteiger partial charge in [0.1, 0.15) is 5.69 Å². The lowest BCUT2D eigenvalue weighted by Gasteiger charge is -2.31. The predicted octanol–water partition coefficient (Wildman–Crippen LogP) is 4.10. The lowest BCUT2D eigenvalue weighted by atomic mass is 10.1. The van der Waals surface area contributed by atoms with Gasteiger partial charge < -0.3 is 14.5 Å². The number of carbonyl (C=O) groups is 1. The minimum Gasteiger partial charge on any atom is -0.378 e. The molecule has 1 saturated heterocycles. The van der Waals surface area contributed by atoms with Crippen LogP contribution in [0.5, 0.6) is 0 Å². The SMILES string of the molecule is CN(Cc1ccccc1N1CCOCC1)C(=O)c1cn(Cc2ccccc2)nc1-c1cccnc1. The number of aromatic nitrogens is 3. The van der Waals surface area contributed by atoms with Gasteiger partial charge in [0.25, 0.3) is 5.91 Å². The minimum absolute atomic E-state index is 0.0695. The second-order valence-corrected chi connectivity index (χ2v) is 8.71. The molecule has 4 aromatic rings. The molecule has 1 amide bonds. The predicted molar refractivity (Wildman–Crippen MR) is 136 cm³/mol. The van der Waals surface area contributed by atoms with E-state index in [0.29, 0.717) is 24.3 Å². The van der Waals surface area contributed by atoms with E-state index >= 15 is 0 Å². The van der Waals surface area contributed by atoms with Gasteiger partial charge in [-0.05, 0) is 29.3 Å². The molecule has 5 rings (SSSR count). The fraction of sp³-hybridized carbons (Fsp3) is 0.250. The molecule has 0 bridgehead atoms. The summed E-state index contributed by atoms with van der Waals surface area (Å²) in [5.74, 6) is -0.0695.